The minimum atomic E-state index is -0.268. The summed E-state index contributed by atoms with van der Waals surface area (Å²) in [5, 5.41) is 2.56. The summed E-state index contributed by atoms with van der Waals surface area (Å²) >= 11 is 7.67. The van der Waals surface area contributed by atoms with Gasteiger partial charge in [-0.25, -0.2) is 4.39 Å². The quantitative estimate of drug-likeness (QED) is 0.895. The van der Waals surface area contributed by atoms with Gasteiger partial charge in [-0.3, -0.25) is 4.90 Å². The van der Waals surface area contributed by atoms with E-state index in [1.54, 1.807) is 23.5 Å². The first kappa shape index (κ1) is 15.4. The van der Waals surface area contributed by atoms with Crippen LogP contribution in [0.25, 0.3) is 0 Å². The maximum atomic E-state index is 14.0. The highest BCUT2D eigenvalue weighted by Gasteiger charge is 2.24. The Morgan fingerprint density at radius 3 is 2.75 bits per heavy atom. The van der Waals surface area contributed by atoms with Gasteiger partial charge in [-0.1, -0.05) is 17.7 Å². The molecule has 0 aliphatic carbocycles. The molecule has 0 aliphatic heterocycles. The van der Waals surface area contributed by atoms with Crippen LogP contribution >= 0.6 is 22.9 Å². The Hall–Kier alpha value is -0.940. The van der Waals surface area contributed by atoms with E-state index < -0.39 is 0 Å². The average Bonchev–Trinajstić information content (AvgIpc) is 2.96. The lowest BCUT2D eigenvalue weighted by molar-refractivity contribution is 0.189. The Morgan fingerprint density at radius 2 is 2.15 bits per heavy atom. The summed E-state index contributed by atoms with van der Waals surface area (Å²) in [5.74, 6) is -0.268. The third-order valence-corrected chi connectivity index (χ3v) is 4.88. The van der Waals surface area contributed by atoms with Crippen molar-refractivity contribution in [3.63, 3.8) is 0 Å². The second kappa shape index (κ2) is 6.68. The van der Waals surface area contributed by atoms with Crippen LogP contribution in [0.15, 0.2) is 35.7 Å². The van der Waals surface area contributed by atoms with E-state index in [2.05, 4.69) is 17.9 Å². The van der Waals surface area contributed by atoms with Gasteiger partial charge in [-0.05, 0) is 43.6 Å². The van der Waals surface area contributed by atoms with E-state index >= 15 is 0 Å². The number of thiophene rings is 1. The molecule has 0 saturated heterocycles. The van der Waals surface area contributed by atoms with Gasteiger partial charge in [0.05, 0.1) is 6.04 Å². The minimum Gasteiger partial charge on any atom is -0.329 e. The van der Waals surface area contributed by atoms with Gasteiger partial charge in [0.15, 0.2) is 0 Å². The zero-order valence-corrected chi connectivity index (χ0v) is 13.1. The van der Waals surface area contributed by atoms with Gasteiger partial charge in [0.1, 0.15) is 5.82 Å². The van der Waals surface area contributed by atoms with Crippen molar-refractivity contribution in [1.82, 2.24) is 4.90 Å². The fourth-order valence-corrected chi connectivity index (χ4v) is 3.30. The lowest BCUT2D eigenvalue weighted by Crippen LogP contribution is -2.33. The molecule has 0 bridgehead atoms. The Bertz CT molecular complexity index is 559. The highest BCUT2D eigenvalue weighted by atomic mass is 35.5. The second-order valence-electron chi connectivity index (χ2n) is 4.77. The van der Waals surface area contributed by atoms with E-state index in [1.165, 1.54) is 10.9 Å². The number of hydrogen-bond donors (Lipinski definition) is 1. The Labute approximate surface area is 128 Å². The van der Waals surface area contributed by atoms with Gasteiger partial charge in [-0.2, -0.15) is 0 Å². The van der Waals surface area contributed by atoms with Crippen LogP contribution in [0.3, 0.4) is 0 Å². The summed E-state index contributed by atoms with van der Waals surface area (Å²) in [5.41, 5.74) is 6.41. The van der Waals surface area contributed by atoms with Crippen LogP contribution in [0, 0.1) is 5.82 Å². The highest BCUT2D eigenvalue weighted by molar-refractivity contribution is 7.10. The molecule has 2 N–H and O–H groups in total. The van der Waals surface area contributed by atoms with Crippen molar-refractivity contribution in [2.24, 2.45) is 5.73 Å². The van der Waals surface area contributed by atoms with Crippen LogP contribution in [0.5, 0.6) is 0 Å². The third kappa shape index (κ3) is 3.20. The standard InChI is InChI=1S/C15H18ClFN2S/c1-10(15-4-3-7-20-15)19(2)14(9-18)12-8-11(16)5-6-13(12)17/h3-8,10,14H,9,18H2,1-2H3. The largest absolute Gasteiger partial charge is 0.329 e. The van der Waals surface area contributed by atoms with Crippen molar-refractivity contribution in [2.45, 2.75) is 19.0 Å². The van der Waals surface area contributed by atoms with Gasteiger partial charge in [0.25, 0.3) is 0 Å². The summed E-state index contributed by atoms with van der Waals surface area (Å²) in [6.07, 6.45) is 0. The number of hydrogen-bond acceptors (Lipinski definition) is 3. The SMILES string of the molecule is CC(c1cccs1)N(C)C(CN)c1cc(Cl)ccc1F. The van der Waals surface area contributed by atoms with Crippen LogP contribution in [0.4, 0.5) is 4.39 Å². The number of benzene rings is 1. The van der Waals surface area contributed by atoms with Crippen molar-refractivity contribution >= 4 is 22.9 Å². The van der Waals surface area contributed by atoms with Crippen LogP contribution in [-0.4, -0.2) is 18.5 Å². The number of likely N-dealkylation sites (N-methyl/N-ethyl adjacent to an activating group) is 1. The maximum Gasteiger partial charge on any atom is 0.128 e. The molecule has 2 aromatic rings. The topological polar surface area (TPSA) is 29.3 Å². The number of rotatable bonds is 5. The fourth-order valence-electron chi connectivity index (χ4n) is 2.28. The van der Waals surface area contributed by atoms with E-state index in [0.717, 1.165) is 0 Å². The first-order valence-corrected chi connectivity index (χ1v) is 7.70. The molecule has 2 nitrogen and oxygen atoms in total. The Kier molecular flexibility index (Phi) is 5.16. The molecule has 1 aromatic heterocycles. The molecule has 0 spiro atoms. The smallest absolute Gasteiger partial charge is 0.128 e. The average molecular weight is 313 g/mol. The van der Waals surface area contributed by atoms with Gasteiger partial charge < -0.3 is 5.73 Å². The van der Waals surface area contributed by atoms with E-state index in [0.29, 0.717) is 17.1 Å². The zero-order chi connectivity index (χ0) is 14.7. The monoisotopic (exact) mass is 312 g/mol. The minimum absolute atomic E-state index is 0.168. The van der Waals surface area contributed by atoms with Crippen LogP contribution < -0.4 is 5.73 Å². The molecule has 2 atom stereocenters. The summed E-state index contributed by atoms with van der Waals surface area (Å²) in [6, 6.07) is 8.66. The van der Waals surface area contributed by atoms with Gasteiger partial charge in [0, 0.05) is 28.0 Å². The second-order valence-corrected chi connectivity index (χ2v) is 6.19. The van der Waals surface area contributed by atoms with Gasteiger partial charge in [-0.15, -0.1) is 11.3 Å². The Morgan fingerprint density at radius 1 is 1.40 bits per heavy atom. The molecule has 2 unspecified atom stereocenters. The summed E-state index contributed by atoms with van der Waals surface area (Å²) in [4.78, 5) is 3.31. The molecule has 1 aromatic carbocycles. The van der Waals surface area contributed by atoms with Gasteiger partial charge >= 0.3 is 0 Å². The van der Waals surface area contributed by atoms with Crippen molar-refractivity contribution in [3.8, 4) is 0 Å². The van der Waals surface area contributed by atoms with Crippen molar-refractivity contribution in [1.29, 1.82) is 0 Å². The molecule has 0 radical (unpaired) electrons. The maximum absolute atomic E-state index is 14.0. The molecule has 0 amide bonds. The third-order valence-electron chi connectivity index (χ3n) is 3.60. The molecule has 1 heterocycles. The molecular formula is C15H18ClFN2S. The van der Waals surface area contributed by atoms with Crippen molar-refractivity contribution in [3.05, 3.63) is 57.0 Å². The molecule has 20 heavy (non-hydrogen) atoms. The fraction of sp³-hybridized carbons (Fsp3) is 0.333. The predicted molar refractivity (Wildman–Crippen MR) is 83.7 cm³/mol. The van der Waals surface area contributed by atoms with E-state index in [-0.39, 0.29) is 17.9 Å². The molecule has 0 aliphatic rings. The molecule has 0 fully saturated rings. The van der Waals surface area contributed by atoms with Crippen LogP contribution in [-0.2, 0) is 0 Å². The molecular weight excluding hydrogens is 295 g/mol. The molecule has 5 heteroatoms. The molecule has 0 saturated carbocycles. The van der Waals surface area contributed by atoms with E-state index in [1.807, 2.05) is 18.5 Å². The van der Waals surface area contributed by atoms with Crippen LogP contribution in [0.2, 0.25) is 5.02 Å². The zero-order valence-electron chi connectivity index (χ0n) is 11.5. The van der Waals surface area contributed by atoms with Crippen molar-refractivity contribution < 1.29 is 4.39 Å². The first-order valence-electron chi connectivity index (χ1n) is 6.45. The van der Waals surface area contributed by atoms with E-state index in [4.69, 9.17) is 17.3 Å². The summed E-state index contributed by atoms with van der Waals surface area (Å²) < 4.78 is 14.0. The van der Waals surface area contributed by atoms with Crippen LogP contribution in [0.1, 0.15) is 29.4 Å². The van der Waals surface area contributed by atoms with E-state index in [9.17, 15) is 4.39 Å². The Balaban J connectivity index is 2.29. The number of nitrogens with two attached hydrogens (primary N) is 1. The van der Waals surface area contributed by atoms with Crippen molar-refractivity contribution in [2.75, 3.05) is 13.6 Å². The summed E-state index contributed by atoms with van der Waals surface area (Å²) in [7, 11) is 1.96. The normalized spacial score (nSPS) is 14.5. The first-order chi connectivity index (χ1) is 9.54. The molecule has 2 rings (SSSR count). The van der Waals surface area contributed by atoms with Gasteiger partial charge in [0.2, 0.25) is 0 Å². The molecule has 108 valence electrons. The number of nitrogens with zero attached hydrogens (tertiary/aromatic N) is 1. The highest BCUT2D eigenvalue weighted by Crippen LogP contribution is 2.32. The lowest BCUT2D eigenvalue weighted by Gasteiger charge is -2.32. The number of halogens is 2. The lowest BCUT2D eigenvalue weighted by atomic mass is 10.0. The summed E-state index contributed by atoms with van der Waals surface area (Å²) in [6.45, 7) is 2.43. The predicted octanol–water partition coefficient (Wildman–Crippen LogP) is 4.23.